The van der Waals surface area contributed by atoms with Gasteiger partial charge in [0, 0.05) is 24.7 Å². The topological polar surface area (TPSA) is 70.3 Å². The first-order valence-electron chi connectivity index (χ1n) is 9.49. The van der Waals surface area contributed by atoms with Crippen molar-refractivity contribution in [3.63, 3.8) is 0 Å². The van der Waals surface area contributed by atoms with Crippen LogP contribution in [0.15, 0.2) is 42.6 Å². The lowest BCUT2D eigenvalue weighted by Gasteiger charge is -2.19. The molecule has 1 aliphatic rings. The predicted molar refractivity (Wildman–Crippen MR) is 124 cm³/mol. The second-order valence-corrected chi connectivity index (χ2v) is 8.87. The van der Waals surface area contributed by atoms with Crippen LogP contribution in [0.4, 0.5) is 17.2 Å². The van der Waals surface area contributed by atoms with Gasteiger partial charge in [-0.15, -0.1) is 0 Å². The highest BCUT2D eigenvalue weighted by molar-refractivity contribution is 7.39. The molecule has 2 unspecified atom stereocenters. The van der Waals surface area contributed by atoms with Crippen molar-refractivity contribution < 1.29 is 0 Å². The van der Waals surface area contributed by atoms with Crippen LogP contribution in [0.25, 0.3) is 11.0 Å². The van der Waals surface area contributed by atoms with Crippen molar-refractivity contribution in [2.45, 2.75) is 25.9 Å². The van der Waals surface area contributed by atoms with Gasteiger partial charge < -0.3 is 15.5 Å². The van der Waals surface area contributed by atoms with E-state index in [2.05, 4.69) is 63.2 Å². The summed E-state index contributed by atoms with van der Waals surface area (Å²) in [6.07, 6.45) is 4.39. The molecule has 1 fully saturated rings. The van der Waals surface area contributed by atoms with E-state index in [-0.39, 0.29) is 0 Å². The van der Waals surface area contributed by atoms with E-state index in [9.17, 15) is 0 Å². The smallest absolute Gasteiger partial charge is 0.163 e. The van der Waals surface area contributed by atoms with Crippen LogP contribution in [0.2, 0.25) is 0 Å². The van der Waals surface area contributed by atoms with Crippen molar-refractivity contribution in [1.29, 1.82) is 0 Å². The molecule has 3 aromatic rings. The molecule has 2 aromatic heterocycles. The SMILES string of the molecule is Nc1c(N(P)P)nc2ncccc2c1NCc1ccc(CN2CCCC2)cc1. The van der Waals surface area contributed by atoms with Gasteiger partial charge in [-0.05, 0) is 68.0 Å². The highest BCUT2D eigenvalue weighted by Gasteiger charge is 2.15. The van der Waals surface area contributed by atoms with Crippen LogP contribution < -0.4 is 15.5 Å². The number of nitrogens with one attached hydrogen (secondary N) is 1. The van der Waals surface area contributed by atoms with E-state index >= 15 is 0 Å². The van der Waals surface area contributed by atoms with Gasteiger partial charge in [0.05, 0.1) is 11.4 Å². The third-order valence-electron chi connectivity index (χ3n) is 5.12. The molecule has 0 radical (unpaired) electrons. The summed E-state index contributed by atoms with van der Waals surface area (Å²) in [5, 5.41) is 4.42. The molecule has 3 heterocycles. The molecule has 3 N–H and O–H groups in total. The molecule has 0 aliphatic carbocycles. The molecular formula is C20H26N6P2. The van der Waals surface area contributed by atoms with Crippen molar-refractivity contribution in [1.82, 2.24) is 14.9 Å². The molecule has 28 heavy (non-hydrogen) atoms. The molecule has 1 aromatic carbocycles. The Morgan fingerprint density at radius 3 is 2.50 bits per heavy atom. The van der Waals surface area contributed by atoms with Crippen LogP contribution in [0, 0.1) is 0 Å². The van der Waals surface area contributed by atoms with Crippen LogP contribution in [-0.2, 0) is 13.1 Å². The standard InChI is InChI=1S/C20H26N6P2/c21-17-18(16-4-3-9-22-19(16)24-20(17)26(27)28)23-12-14-5-7-15(8-6-14)13-25-10-1-2-11-25/h3-9H,1-2,10-13,21,27-28H2,(H,22,23,24). The van der Waals surface area contributed by atoms with Crippen LogP contribution in [0.3, 0.4) is 0 Å². The Balaban J connectivity index is 1.52. The number of fused-ring (bicyclic) bond motifs is 1. The van der Waals surface area contributed by atoms with Crippen LogP contribution in [0.5, 0.6) is 0 Å². The number of hydrogen-bond acceptors (Lipinski definition) is 6. The molecule has 2 atom stereocenters. The second-order valence-electron chi connectivity index (χ2n) is 7.16. The number of aromatic nitrogens is 2. The zero-order chi connectivity index (χ0) is 19.5. The average Bonchev–Trinajstić information content (AvgIpc) is 3.21. The number of anilines is 3. The van der Waals surface area contributed by atoms with E-state index < -0.39 is 0 Å². The van der Waals surface area contributed by atoms with Crippen molar-refractivity contribution >= 4 is 47.0 Å². The molecule has 0 spiro atoms. The molecule has 6 nitrogen and oxygen atoms in total. The molecule has 146 valence electrons. The summed E-state index contributed by atoms with van der Waals surface area (Å²) in [6, 6.07) is 12.7. The lowest BCUT2D eigenvalue weighted by Crippen LogP contribution is -2.18. The van der Waals surface area contributed by atoms with Crippen molar-refractivity contribution in [3.8, 4) is 0 Å². The van der Waals surface area contributed by atoms with Gasteiger partial charge in [-0.25, -0.2) is 9.97 Å². The third-order valence-corrected chi connectivity index (χ3v) is 5.61. The Morgan fingerprint density at radius 2 is 1.79 bits per heavy atom. The first-order valence-corrected chi connectivity index (χ1v) is 10.5. The Morgan fingerprint density at radius 1 is 1.07 bits per heavy atom. The predicted octanol–water partition coefficient (Wildman–Crippen LogP) is 3.81. The summed E-state index contributed by atoms with van der Waals surface area (Å²) in [6.45, 7) is 4.17. The quantitative estimate of drug-likeness (QED) is 0.600. The van der Waals surface area contributed by atoms with Crippen LogP contribution >= 0.6 is 18.8 Å². The van der Waals surface area contributed by atoms with Crippen molar-refractivity contribution in [3.05, 3.63) is 53.7 Å². The fourth-order valence-corrected chi connectivity index (χ4v) is 4.03. The van der Waals surface area contributed by atoms with Gasteiger partial charge in [0.15, 0.2) is 11.5 Å². The summed E-state index contributed by atoms with van der Waals surface area (Å²) in [5.41, 5.74) is 11.1. The van der Waals surface area contributed by atoms with Crippen molar-refractivity contribution in [2.75, 3.05) is 28.6 Å². The number of nitrogens with zero attached hydrogens (tertiary/aromatic N) is 4. The van der Waals surface area contributed by atoms with E-state index in [1.54, 1.807) is 10.6 Å². The van der Waals surface area contributed by atoms with Crippen LogP contribution in [0.1, 0.15) is 24.0 Å². The monoisotopic (exact) mass is 412 g/mol. The van der Waals surface area contributed by atoms with Gasteiger partial charge in [0.1, 0.15) is 0 Å². The lowest BCUT2D eigenvalue weighted by molar-refractivity contribution is 0.331. The number of rotatable bonds is 6. The third kappa shape index (κ3) is 4.20. The first-order chi connectivity index (χ1) is 13.6. The molecule has 1 aliphatic heterocycles. The highest BCUT2D eigenvalue weighted by atomic mass is 31.1. The number of nitrogen functional groups attached to an aromatic ring is 1. The molecular weight excluding hydrogens is 386 g/mol. The summed E-state index contributed by atoms with van der Waals surface area (Å²) in [5.74, 6) is 0.657. The molecule has 0 saturated carbocycles. The fourth-order valence-electron chi connectivity index (χ4n) is 3.64. The number of likely N-dealkylation sites (tertiary alicyclic amines) is 1. The number of benzene rings is 1. The Kier molecular flexibility index (Phi) is 5.91. The molecule has 0 bridgehead atoms. The summed E-state index contributed by atoms with van der Waals surface area (Å²) < 4.78 is 1.75. The second kappa shape index (κ2) is 8.57. The Labute approximate surface area is 170 Å². The summed E-state index contributed by atoms with van der Waals surface area (Å²) in [4.78, 5) is 11.5. The average molecular weight is 412 g/mol. The van der Waals surface area contributed by atoms with E-state index in [1.165, 1.54) is 37.1 Å². The zero-order valence-electron chi connectivity index (χ0n) is 15.8. The maximum Gasteiger partial charge on any atom is 0.163 e. The van der Waals surface area contributed by atoms with Gasteiger partial charge >= 0.3 is 0 Å². The van der Waals surface area contributed by atoms with Crippen LogP contribution in [-0.4, -0.2) is 28.0 Å². The maximum atomic E-state index is 6.40. The van der Waals surface area contributed by atoms with Gasteiger partial charge in [0.25, 0.3) is 0 Å². The largest absolute Gasteiger partial charge is 0.394 e. The minimum absolute atomic E-state index is 0.608. The number of pyridine rings is 2. The molecule has 8 heteroatoms. The molecule has 4 rings (SSSR count). The van der Waals surface area contributed by atoms with Crippen molar-refractivity contribution in [2.24, 2.45) is 0 Å². The van der Waals surface area contributed by atoms with E-state index in [1.807, 2.05) is 12.1 Å². The Hall–Kier alpha value is -2.00. The molecule has 1 saturated heterocycles. The van der Waals surface area contributed by atoms with Gasteiger partial charge in [0.2, 0.25) is 0 Å². The number of hydrogen-bond donors (Lipinski definition) is 2. The maximum absolute atomic E-state index is 6.40. The zero-order valence-corrected chi connectivity index (χ0v) is 18.1. The lowest BCUT2D eigenvalue weighted by atomic mass is 10.1. The van der Waals surface area contributed by atoms with Gasteiger partial charge in [-0.3, -0.25) is 4.90 Å². The minimum atomic E-state index is 0.608. The Bertz CT molecular complexity index is 955. The van der Waals surface area contributed by atoms with Gasteiger partial charge in [-0.2, -0.15) is 0 Å². The number of nitrogens with two attached hydrogens (primary N) is 1. The first kappa shape index (κ1) is 19.3. The highest BCUT2D eigenvalue weighted by Crippen LogP contribution is 2.37. The van der Waals surface area contributed by atoms with E-state index in [4.69, 9.17) is 5.73 Å². The molecule has 0 amide bonds. The van der Waals surface area contributed by atoms with E-state index in [0.29, 0.717) is 23.7 Å². The minimum Gasteiger partial charge on any atom is -0.394 e. The van der Waals surface area contributed by atoms with Gasteiger partial charge in [-0.1, -0.05) is 24.3 Å². The fraction of sp³-hybridized carbons (Fsp3) is 0.300. The summed E-state index contributed by atoms with van der Waals surface area (Å²) in [7, 11) is 5.13. The van der Waals surface area contributed by atoms with E-state index in [0.717, 1.165) is 17.6 Å². The normalized spacial score (nSPS) is 14.5. The summed E-state index contributed by atoms with van der Waals surface area (Å²) >= 11 is 0.